The van der Waals surface area contributed by atoms with E-state index in [0.717, 1.165) is 28.0 Å². The summed E-state index contributed by atoms with van der Waals surface area (Å²) in [5.41, 5.74) is -1.79. The summed E-state index contributed by atoms with van der Waals surface area (Å²) in [6.07, 6.45) is -1.78. The Balaban J connectivity index is 1.54. The molecule has 41 heavy (non-hydrogen) atoms. The monoisotopic (exact) mass is 589 g/mol. The molecule has 13 heteroatoms. The maximum Gasteiger partial charge on any atom is 0.459 e. The number of nitrogens with zero attached hydrogens (tertiary/aromatic N) is 1. The zero-order valence-corrected chi connectivity index (χ0v) is 24.0. The van der Waals surface area contributed by atoms with Gasteiger partial charge in [0.15, 0.2) is 11.9 Å². The highest BCUT2D eigenvalue weighted by Gasteiger charge is 2.48. The lowest BCUT2D eigenvalue weighted by atomic mass is 10.0. The molecule has 0 aliphatic carbocycles. The molecule has 0 saturated carbocycles. The Morgan fingerprint density at radius 3 is 2.54 bits per heavy atom. The number of alkyl halides is 1. The Kier molecular flexibility index (Phi) is 9.28. The normalized spacial score (nSPS) is 22.7. The molecule has 5 atom stereocenters. The molecule has 0 amide bonds. The van der Waals surface area contributed by atoms with Crippen LogP contribution in [0.5, 0.6) is 5.75 Å². The lowest BCUT2D eigenvalue weighted by Crippen LogP contribution is -2.38. The molecule has 0 bridgehead atoms. The fourth-order valence-corrected chi connectivity index (χ4v) is 5.89. The first-order valence-corrected chi connectivity index (χ1v) is 14.6. The molecule has 11 nitrogen and oxygen atoms in total. The topological polar surface area (TPSA) is 138 Å². The van der Waals surface area contributed by atoms with Gasteiger partial charge in [-0.05, 0) is 51.0 Å². The lowest BCUT2D eigenvalue weighted by molar-refractivity contribution is -0.149. The van der Waals surface area contributed by atoms with Crippen LogP contribution in [0.2, 0.25) is 0 Å². The van der Waals surface area contributed by atoms with Crippen molar-refractivity contribution in [1.29, 1.82) is 0 Å². The molecule has 1 aliphatic heterocycles. The van der Waals surface area contributed by atoms with Crippen molar-refractivity contribution in [3.05, 3.63) is 87.7 Å². The van der Waals surface area contributed by atoms with Crippen molar-refractivity contribution in [2.24, 2.45) is 0 Å². The summed E-state index contributed by atoms with van der Waals surface area (Å²) in [5.74, 6) is -0.469. The van der Waals surface area contributed by atoms with E-state index in [1.807, 2.05) is 36.4 Å². The highest BCUT2D eigenvalue weighted by atomic mass is 31.2. The Morgan fingerprint density at radius 2 is 1.85 bits per heavy atom. The number of aromatic amines is 1. The summed E-state index contributed by atoms with van der Waals surface area (Å²) in [4.78, 5) is 38.2. The minimum atomic E-state index is -4.28. The quantitative estimate of drug-likeness (QED) is 0.247. The van der Waals surface area contributed by atoms with Crippen LogP contribution in [-0.2, 0) is 23.4 Å². The van der Waals surface area contributed by atoms with Crippen LogP contribution in [-0.4, -0.2) is 46.0 Å². The number of H-pyrrole nitrogens is 1. The molecule has 2 N–H and O–H groups in total. The van der Waals surface area contributed by atoms with Crippen molar-refractivity contribution in [2.75, 3.05) is 6.61 Å². The van der Waals surface area contributed by atoms with Gasteiger partial charge in [-0.15, -0.1) is 0 Å². The number of benzene rings is 2. The number of carbonyl (C=O) groups is 1. The summed E-state index contributed by atoms with van der Waals surface area (Å²) in [6.45, 7) is 5.67. The van der Waals surface area contributed by atoms with Gasteiger partial charge in [-0.1, -0.05) is 42.5 Å². The van der Waals surface area contributed by atoms with Gasteiger partial charge in [0.2, 0.25) is 0 Å². The van der Waals surface area contributed by atoms with E-state index in [2.05, 4.69) is 10.1 Å². The zero-order chi connectivity index (χ0) is 29.8. The van der Waals surface area contributed by atoms with Crippen molar-refractivity contribution in [2.45, 2.75) is 64.3 Å². The van der Waals surface area contributed by atoms with Gasteiger partial charge in [-0.3, -0.25) is 23.7 Å². The number of esters is 1. The number of hydrogen-bond donors (Lipinski definition) is 2. The number of carbonyl (C=O) groups excluding carboxylic acids is 1. The molecule has 220 valence electrons. The second-order valence-electron chi connectivity index (χ2n) is 10.2. The summed E-state index contributed by atoms with van der Waals surface area (Å²) >= 11 is 0. The van der Waals surface area contributed by atoms with Crippen LogP contribution >= 0.6 is 7.75 Å². The highest BCUT2D eigenvalue weighted by molar-refractivity contribution is 7.52. The van der Waals surface area contributed by atoms with Gasteiger partial charge in [-0.2, -0.15) is 5.09 Å². The van der Waals surface area contributed by atoms with Gasteiger partial charge in [0, 0.05) is 18.7 Å². The average molecular weight is 590 g/mol. The average Bonchev–Trinajstić information content (AvgIpc) is 3.21. The largest absolute Gasteiger partial charge is 0.462 e. The van der Waals surface area contributed by atoms with Gasteiger partial charge < -0.3 is 14.0 Å². The third-order valence-corrected chi connectivity index (χ3v) is 7.86. The first-order chi connectivity index (χ1) is 19.3. The molecule has 4 rings (SSSR count). The molecular weight excluding hydrogens is 556 g/mol. The van der Waals surface area contributed by atoms with Crippen molar-refractivity contribution in [1.82, 2.24) is 14.6 Å². The third kappa shape index (κ3) is 7.80. The van der Waals surface area contributed by atoms with Gasteiger partial charge in [0.25, 0.3) is 5.56 Å². The van der Waals surface area contributed by atoms with Crippen LogP contribution in [0.4, 0.5) is 4.39 Å². The molecular formula is C28H33FN3O8P. The van der Waals surface area contributed by atoms with E-state index in [-0.39, 0.29) is 12.2 Å². The first-order valence-electron chi connectivity index (χ1n) is 13.1. The van der Waals surface area contributed by atoms with Gasteiger partial charge in [0.1, 0.15) is 11.8 Å². The summed E-state index contributed by atoms with van der Waals surface area (Å²) in [5, 5.41) is 2.60. The first kappa shape index (κ1) is 30.4. The number of nitrogens with one attached hydrogen (secondary N) is 2. The molecule has 3 aromatic rings. The number of hydrogen-bond acceptors (Lipinski definition) is 8. The fourth-order valence-electron chi connectivity index (χ4n) is 4.38. The van der Waals surface area contributed by atoms with Crippen molar-refractivity contribution in [3.63, 3.8) is 0 Å². The van der Waals surface area contributed by atoms with Crippen LogP contribution in [0.15, 0.2) is 76.4 Å². The summed E-state index contributed by atoms with van der Waals surface area (Å²) < 4.78 is 52.9. The van der Waals surface area contributed by atoms with Crippen LogP contribution in [0.25, 0.3) is 11.1 Å². The van der Waals surface area contributed by atoms with E-state index in [9.17, 15) is 18.9 Å². The smallest absolute Gasteiger partial charge is 0.459 e. The fraction of sp³-hybridized carbons (Fsp3) is 0.393. The van der Waals surface area contributed by atoms with E-state index in [1.54, 1.807) is 32.0 Å². The van der Waals surface area contributed by atoms with Gasteiger partial charge >= 0.3 is 19.4 Å². The van der Waals surface area contributed by atoms with E-state index >= 15 is 4.39 Å². The van der Waals surface area contributed by atoms with Gasteiger partial charge in [0.05, 0.1) is 18.8 Å². The second kappa shape index (κ2) is 12.5. The van der Waals surface area contributed by atoms with E-state index < -0.39 is 61.7 Å². The Bertz CT molecular complexity index is 1520. The molecule has 1 saturated heterocycles. The lowest BCUT2D eigenvalue weighted by Gasteiger charge is -2.24. The molecule has 1 unspecified atom stereocenters. The molecule has 2 heterocycles. The van der Waals surface area contributed by atoms with Crippen molar-refractivity contribution < 1.29 is 32.3 Å². The number of aromatic nitrogens is 2. The Labute approximate surface area is 236 Å². The number of ether oxygens (including phenoxy) is 2. The second-order valence-corrected chi connectivity index (χ2v) is 11.9. The number of halogens is 1. The predicted molar refractivity (Wildman–Crippen MR) is 149 cm³/mol. The molecule has 1 aliphatic rings. The van der Waals surface area contributed by atoms with Crippen LogP contribution in [0.3, 0.4) is 0 Å². The minimum Gasteiger partial charge on any atom is -0.462 e. The standard InChI is InChI=1S/C28H33FN3O8P/c1-18(2)38-25(34)19(3)31-41(36,40-22-12-8-11-21(15-22)20-9-6-5-7-10-20)37-17-23-16-28(4,29)26(39-23)32-14-13-24(33)30-27(32)35/h5-15,18-19,23,26H,16-17H2,1-4H3,(H,31,36)(H,30,33,35)/t19-,23-,26+,28+,41?/m0/s1. The highest BCUT2D eigenvalue weighted by Crippen LogP contribution is 2.48. The number of rotatable bonds is 11. The SMILES string of the molecule is CC(C)OC(=O)[C@H](C)NP(=O)(OC[C@@H]1C[C@@](C)(F)[C@H](n2ccc(=O)[nH]c2=O)O1)Oc1cccc(-c2ccccc2)c1. The van der Waals surface area contributed by atoms with Crippen LogP contribution in [0, 0.1) is 0 Å². The Morgan fingerprint density at radius 1 is 1.15 bits per heavy atom. The Hall–Kier alpha value is -3.57. The molecule has 0 spiro atoms. The summed E-state index contributed by atoms with van der Waals surface area (Å²) in [6, 6.07) is 16.3. The zero-order valence-electron chi connectivity index (χ0n) is 23.1. The molecule has 0 radical (unpaired) electrons. The van der Waals surface area contributed by atoms with E-state index in [0.29, 0.717) is 0 Å². The maximum atomic E-state index is 15.5. The van der Waals surface area contributed by atoms with E-state index in [4.69, 9.17) is 18.5 Å². The van der Waals surface area contributed by atoms with Crippen LogP contribution < -0.4 is 20.9 Å². The molecule has 2 aromatic carbocycles. The minimum absolute atomic E-state index is 0.201. The molecule has 1 fully saturated rings. The maximum absolute atomic E-state index is 15.5. The molecule has 1 aromatic heterocycles. The van der Waals surface area contributed by atoms with Crippen molar-refractivity contribution >= 4 is 13.7 Å². The van der Waals surface area contributed by atoms with Gasteiger partial charge in [-0.25, -0.2) is 13.8 Å². The van der Waals surface area contributed by atoms with Crippen LogP contribution in [0.1, 0.15) is 40.3 Å². The van der Waals surface area contributed by atoms with E-state index in [1.165, 1.54) is 13.8 Å². The summed E-state index contributed by atoms with van der Waals surface area (Å²) in [7, 11) is -4.28. The predicted octanol–water partition coefficient (Wildman–Crippen LogP) is 4.35. The third-order valence-electron chi connectivity index (χ3n) is 6.22. The van der Waals surface area contributed by atoms with Crippen molar-refractivity contribution in [3.8, 4) is 16.9 Å².